The maximum Gasteiger partial charge on any atom is 0.347 e. The SMILES string of the molecule is [2H][13C]([2H])([2H])Oc1cc2c(c3oc(=O)c4c(c13)CCC4=O)[C@@H]1C=CO[C@@H]1O2. The van der Waals surface area contributed by atoms with E-state index in [-0.39, 0.29) is 35.0 Å². The number of hydrogen-bond donors (Lipinski definition) is 0. The summed E-state index contributed by atoms with van der Waals surface area (Å²) in [6.07, 6.45) is 3.18. The van der Waals surface area contributed by atoms with E-state index in [2.05, 4.69) is 0 Å². The number of aryl methyl sites for hydroxylation is 1. The monoisotopic (exact) mass is 316 g/mol. The molecule has 23 heavy (non-hydrogen) atoms. The van der Waals surface area contributed by atoms with Crippen LogP contribution in [0.4, 0.5) is 0 Å². The number of benzene rings is 1. The average Bonchev–Trinajstić information content (AvgIpc) is 3.19. The van der Waals surface area contributed by atoms with Crippen molar-refractivity contribution in [1.29, 1.82) is 0 Å². The van der Waals surface area contributed by atoms with Crippen LogP contribution in [0.15, 0.2) is 27.6 Å². The van der Waals surface area contributed by atoms with Gasteiger partial charge in [0.1, 0.15) is 22.6 Å². The van der Waals surface area contributed by atoms with E-state index in [0.717, 1.165) is 0 Å². The maximum absolute atomic E-state index is 12.4. The van der Waals surface area contributed by atoms with E-state index < -0.39 is 19.0 Å². The van der Waals surface area contributed by atoms with Crippen molar-refractivity contribution in [2.75, 3.05) is 7.04 Å². The lowest BCUT2D eigenvalue weighted by atomic mass is 9.95. The molecule has 0 spiro atoms. The predicted octanol–water partition coefficient (Wildman–Crippen LogP) is 2.28. The van der Waals surface area contributed by atoms with Crippen LogP contribution in [0.2, 0.25) is 0 Å². The molecule has 3 heterocycles. The van der Waals surface area contributed by atoms with E-state index >= 15 is 0 Å². The number of ether oxygens (including phenoxy) is 3. The topological polar surface area (TPSA) is 75.0 Å². The first-order chi connectivity index (χ1) is 12.3. The summed E-state index contributed by atoms with van der Waals surface area (Å²) in [6, 6.07) is 1.46. The van der Waals surface area contributed by atoms with Crippen molar-refractivity contribution in [3.05, 3.63) is 45.5 Å². The highest BCUT2D eigenvalue weighted by molar-refractivity contribution is 6.06. The molecule has 0 fully saturated rings. The van der Waals surface area contributed by atoms with E-state index in [0.29, 0.717) is 28.7 Å². The van der Waals surface area contributed by atoms with Gasteiger partial charge in [-0.1, -0.05) is 0 Å². The predicted molar refractivity (Wildman–Crippen MR) is 79.1 cm³/mol. The first kappa shape index (κ1) is 10.1. The normalized spacial score (nSPS) is 25.9. The summed E-state index contributed by atoms with van der Waals surface area (Å²) in [7, 11) is -2.71. The number of methoxy groups -OCH3 is 1. The van der Waals surface area contributed by atoms with E-state index in [1.807, 2.05) is 0 Å². The smallest absolute Gasteiger partial charge is 0.347 e. The second kappa shape index (κ2) is 4.16. The first-order valence-electron chi connectivity index (χ1n) is 8.71. The highest BCUT2D eigenvalue weighted by Crippen LogP contribution is 2.50. The molecular formula is C17H12O6. The van der Waals surface area contributed by atoms with Crippen LogP contribution in [0.1, 0.15) is 37.9 Å². The molecule has 1 aliphatic carbocycles. The van der Waals surface area contributed by atoms with Gasteiger partial charge in [0.25, 0.3) is 6.29 Å². The molecule has 2 aromatic rings. The second-order valence-corrected chi connectivity index (χ2v) is 5.74. The van der Waals surface area contributed by atoms with Crippen molar-refractivity contribution < 1.29 is 27.5 Å². The number of carbonyl (C=O) groups is 1. The molecule has 0 bridgehead atoms. The molecule has 2 atom stereocenters. The van der Waals surface area contributed by atoms with Crippen LogP contribution in [-0.2, 0) is 11.2 Å². The standard InChI is InChI=1S/C17H12O6/c1-20-10-6-11-14(8-4-5-21-17(8)22-11)15-13(10)7-2-3-9(18)12(7)16(19)23-15/h4-6,8,17H,2-3H2,1H3/t8-,17+/m0/s1/i1+1D3. The van der Waals surface area contributed by atoms with Gasteiger partial charge in [0.2, 0.25) is 0 Å². The van der Waals surface area contributed by atoms with Crippen molar-refractivity contribution in [3.8, 4) is 11.5 Å². The third kappa shape index (κ3) is 1.48. The van der Waals surface area contributed by atoms with Crippen molar-refractivity contribution in [1.82, 2.24) is 0 Å². The third-order valence-corrected chi connectivity index (χ3v) is 4.61. The Balaban J connectivity index is 1.88. The first-order valence-corrected chi connectivity index (χ1v) is 7.21. The Kier molecular flexibility index (Phi) is 1.83. The van der Waals surface area contributed by atoms with Gasteiger partial charge in [0.05, 0.1) is 34.3 Å². The van der Waals surface area contributed by atoms with Gasteiger partial charge in [-0.05, 0) is 18.1 Å². The Labute approximate surface area is 134 Å². The molecule has 1 aromatic carbocycles. The molecule has 0 saturated carbocycles. The lowest BCUT2D eigenvalue weighted by Crippen LogP contribution is -2.14. The summed E-state index contributed by atoms with van der Waals surface area (Å²) in [5.41, 5.74) is 0.490. The van der Waals surface area contributed by atoms with Crippen LogP contribution in [0.3, 0.4) is 0 Å². The zero-order valence-corrected chi connectivity index (χ0v) is 11.8. The Morgan fingerprint density at radius 2 is 2.26 bits per heavy atom. The van der Waals surface area contributed by atoms with Crippen LogP contribution in [0.25, 0.3) is 11.0 Å². The molecule has 1 aromatic heterocycles. The van der Waals surface area contributed by atoms with Crippen LogP contribution in [-0.4, -0.2) is 19.1 Å². The minimum atomic E-state index is -2.71. The molecule has 6 nitrogen and oxygen atoms in total. The highest BCUT2D eigenvalue weighted by atomic mass is 16.7. The molecule has 0 saturated heterocycles. The Morgan fingerprint density at radius 1 is 1.35 bits per heavy atom. The summed E-state index contributed by atoms with van der Waals surface area (Å²) in [4.78, 5) is 24.5. The van der Waals surface area contributed by atoms with Gasteiger partial charge in [-0.25, -0.2) is 4.79 Å². The summed E-state index contributed by atoms with van der Waals surface area (Å²) < 4.78 is 43.9. The molecular weight excluding hydrogens is 301 g/mol. The summed E-state index contributed by atoms with van der Waals surface area (Å²) >= 11 is 0. The number of hydrogen-bond acceptors (Lipinski definition) is 6. The van der Waals surface area contributed by atoms with E-state index in [1.165, 1.54) is 12.3 Å². The molecule has 3 aliphatic rings. The molecule has 0 unspecified atom stereocenters. The number of ketones is 1. The molecule has 116 valence electrons. The average molecular weight is 316 g/mol. The fourth-order valence-electron chi connectivity index (χ4n) is 3.64. The minimum Gasteiger partial charge on any atom is -0.496 e. The van der Waals surface area contributed by atoms with E-state index in [9.17, 15) is 9.59 Å². The number of carbonyl (C=O) groups excluding carboxylic acids is 1. The largest absolute Gasteiger partial charge is 0.496 e. The Morgan fingerprint density at radius 3 is 3.13 bits per heavy atom. The Hall–Kier alpha value is -2.76. The Bertz CT molecular complexity index is 1070. The third-order valence-electron chi connectivity index (χ3n) is 4.61. The van der Waals surface area contributed by atoms with Crippen LogP contribution < -0.4 is 15.1 Å². The number of Topliss-reactive ketones (excluding diaryl/α,β-unsaturated/α-hetero) is 1. The van der Waals surface area contributed by atoms with Crippen molar-refractivity contribution in [2.45, 2.75) is 25.0 Å². The van der Waals surface area contributed by atoms with Gasteiger partial charge in [-0.2, -0.15) is 0 Å². The van der Waals surface area contributed by atoms with Gasteiger partial charge >= 0.3 is 5.63 Å². The van der Waals surface area contributed by atoms with Crippen LogP contribution >= 0.6 is 0 Å². The fourth-order valence-corrected chi connectivity index (χ4v) is 3.64. The lowest BCUT2D eigenvalue weighted by Gasteiger charge is -2.12. The summed E-state index contributed by atoms with van der Waals surface area (Å²) in [5.74, 6) is -0.261. The van der Waals surface area contributed by atoms with Crippen molar-refractivity contribution in [2.24, 2.45) is 0 Å². The van der Waals surface area contributed by atoms with Gasteiger partial charge in [0.15, 0.2) is 5.78 Å². The van der Waals surface area contributed by atoms with Crippen LogP contribution in [0.5, 0.6) is 11.5 Å². The summed E-state index contributed by atoms with van der Waals surface area (Å²) in [6.45, 7) is 0. The minimum absolute atomic E-state index is 0.00240. The molecule has 0 N–H and O–H groups in total. The van der Waals surface area contributed by atoms with Gasteiger partial charge in [-0.3, -0.25) is 4.79 Å². The quantitative estimate of drug-likeness (QED) is 0.593. The fraction of sp³-hybridized carbons (Fsp3) is 0.294. The number of fused-ring (bicyclic) bond motifs is 7. The zero-order valence-electron chi connectivity index (χ0n) is 14.8. The van der Waals surface area contributed by atoms with Crippen molar-refractivity contribution in [3.63, 3.8) is 0 Å². The zero-order chi connectivity index (χ0) is 18.2. The summed E-state index contributed by atoms with van der Waals surface area (Å²) in [5, 5.41) is 0.338. The molecule has 5 rings (SSSR count). The molecule has 0 amide bonds. The van der Waals surface area contributed by atoms with Gasteiger partial charge in [0, 0.05) is 12.5 Å². The van der Waals surface area contributed by atoms with Crippen molar-refractivity contribution >= 4 is 16.8 Å². The van der Waals surface area contributed by atoms with Gasteiger partial charge < -0.3 is 18.6 Å². The van der Waals surface area contributed by atoms with Crippen LogP contribution in [0, 0.1) is 0 Å². The van der Waals surface area contributed by atoms with Gasteiger partial charge in [-0.15, -0.1) is 0 Å². The molecule has 6 heteroatoms. The van der Waals surface area contributed by atoms with E-state index in [4.69, 9.17) is 22.7 Å². The van der Waals surface area contributed by atoms with E-state index in [1.54, 1.807) is 6.08 Å². The lowest BCUT2D eigenvalue weighted by molar-refractivity contribution is -0.00485. The second-order valence-electron chi connectivity index (χ2n) is 5.74. The maximum atomic E-state index is 12.4. The number of rotatable bonds is 1. The highest BCUT2D eigenvalue weighted by Gasteiger charge is 2.41. The molecule has 2 aliphatic heterocycles. The molecule has 0 radical (unpaired) electrons.